The number of halogens is 3. The minimum Gasteiger partial charge on any atom is -0.441 e. The van der Waals surface area contributed by atoms with Crippen LogP contribution in [0.4, 0.5) is 18.0 Å². The molecular weight excluding hydrogens is 391 g/mol. The number of hydrogen-bond donors (Lipinski definition) is 1. The Morgan fingerprint density at radius 2 is 1.86 bits per heavy atom. The van der Waals surface area contributed by atoms with Crippen molar-refractivity contribution in [2.24, 2.45) is 5.73 Å². The summed E-state index contributed by atoms with van der Waals surface area (Å²) in [7, 11) is 0. The third kappa shape index (κ3) is 5.71. The molecule has 1 heterocycles. The first-order valence-electron chi connectivity index (χ1n) is 8.41. The molecule has 2 aromatic carbocycles. The van der Waals surface area contributed by atoms with E-state index in [1.54, 1.807) is 31.2 Å². The number of rotatable bonds is 6. The summed E-state index contributed by atoms with van der Waals surface area (Å²) in [5.74, 6) is 0.319. The van der Waals surface area contributed by atoms with E-state index in [0.29, 0.717) is 22.6 Å². The van der Waals surface area contributed by atoms with E-state index in [1.807, 2.05) is 0 Å². The van der Waals surface area contributed by atoms with Gasteiger partial charge in [-0.3, -0.25) is 0 Å². The molecule has 1 aromatic heterocycles. The van der Waals surface area contributed by atoms with Gasteiger partial charge in [0.2, 0.25) is 11.8 Å². The predicted molar refractivity (Wildman–Crippen MR) is 94.7 cm³/mol. The van der Waals surface area contributed by atoms with Crippen molar-refractivity contribution in [3.63, 3.8) is 0 Å². The number of hydrogen-bond acceptors (Lipinski definition) is 6. The Kier molecular flexibility index (Phi) is 5.71. The lowest BCUT2D eigenvalue weighted by Gasteiger charge is -2.16. The molecule has 0 spiro atoms. The van der Waals surface area contributed by atoms with Gasteiger partial charge in [-0.05, 0) is 34.9 Å². The van der Waals surface area contributed by atoms with Gasteiger partial charge in [-0.15, -0.1) is 23.4 Å². The number of aryl methyl sites for hydroxylation is 1. The first kappa shape index (κ1) is 20.2. The van der Waals surface area contributed by atoms with Gasteiger partial charge in [0.25, 0.3) is 0 Å². The summed E-state index contributed by atoms with van der Waals surface area (Å²) in [6, 6.07) is 12.4. The highest BCUT2D eigenvalue weighted by Crippen LogP contribution is 2.29. The number of nitrogens with two attached hydrogens (primary N) is 1. The van der Waals surface area contributed by atoms with Gasteiger partial charge in [-0.1, -0.05) is 30.3 Å². The Morgan fingerprint density at radius 1 is 1.14 bits per heavy atom. The molecule has 0 aliphatic heterocycles. The van der Waals surface area contributed by atoms with Crippen molar-refractivity contribution in [3.8, 4) is 16.9 Å². The van der Waals surface area contributed by atoms with E-state index in [1.165, 1.54) is 24.3 Å². The van der Waals surface area contributed by atoms with Crippen molar-refractivity contribution < 1.29 is 31.9 Å². The van der Waals surface area contributed by atoms with E-state index in [-0.39, 0.29) is 18.1 Å². The Morgan fingerprint density at radius 3 is 2.45 bits per heavy atom. The third-order valence-corrected chi connectivity index (χ3v) is 3.87. The van der Waals surface area contributed by atoms with Crippen molar-refractivity contribution in [1.29, 1.82) is 0 Å². The molecule has 29 heavy (non-hydrogen) atoms. The Hall–Kier alpha value is -3.56. The smallest absolute Gasteiger partial charge is 0.441 e. The summed E-state index contributed by atoms with van der Waals surface area (Å²) >= 11 is 0. The highest BCUT2D eigenvalue weighted by Gasteiger charge is 2.31. The minimum absolute atomic E-state index is 0.117. The van der Waals surface area contributed by atoms with E-state index in [2.05, 4.69) is 14.9 Å². The monoisotopic (exact) mass is 407 g/mol. The number of nitrogens with zero attached hydrogens (tertiary/aromatic N) is 2. The van der Waals surface area contributed by atoms with Gasteiger partial charge < -0.3 is 19.6 Å². The highest BCUT2D eigenvalue weighted by atomic mass is 19.4. The van der Waals surface area contributed by atoms with Gasteiger partial charge in [0.1, 0.15) is 11.9 Å². The molecule has 0 aliphatic rings. The maximum Gasteiger partial charge on any atom is 0.573 e. The Labute approximate surface area is 163 Å². The van der Waals surface area contributed by atoms with Crippen LogP contribution in [0.1, 0.15) is 23.4 Å². The highest BCUT2D eigenvalue weighted by molar-refractivity contribution is 5.67. The number of primary amides is 1. The van der Waals surface area contributed by atoms with Crippen LogP contribution in [0.2, 0.25) is 0 Å². The van der Waals surface area contributed by atoms with Gasteiger partial charge in [-0.25, -0.2) is 4.79 Å². The molecule has 10 heteroatoms. The Bertz CT molecular complexity index is 987. The summed E-state index contributed by atoms with van der Waals surface area (Å²) in [6.45, 7) is 1.63. The molecule has 1 unspecified atom stereocenters. The second kappa shape index (κ2) is 8.21. The van der Waals surface area contributed by atoms with Crippen LogP contribution in [0.3, 0.4) is 0 Å². The van der Waals surface area contributed by atoms with E-state index in [0.717, 1.165) is 0 Å². The van der Waals surface area contributed by atoms with Gasteiger partial charge in [0, 0.05) is 6.92 Å². The van der Waals surface area contributed by atoms with Gasteiger partial charge >= 0.3 is 12.5 Å². The zero-order chi connectivity index (χ0) is 21.0. The fourth-order valence-corrected chi connectivity index (χ4v) is 2.71. The SMILES string of the molecule is Cc1nnc(CC(OC(N)=O)c2cccc(-c3ccc(OC(F)(F)F)cc3)c2)o1. The molecule has 7 nitrogen and oxygen atoms in total. The summed E-state index contributed by atoms with van der Waals surface area (Å²) in [6.07, 6.45) is -6.38. The fourth-order valence-electron chi connectivity index (χ4n) is 2.71. The lowest BCUT2D eigenvalue weighted by Crippen LogP contribution is -2.19. The first-order chi connectivity index (χ1) is 13.7. The summed E-state index contributed by atoms with van der Waals surface area (Å²) < 4.78 is 51.3. The number of alkyl halides is 3. The lowest BCUT2D eigenvalue weighted by atomic mass is 9.99. The first-order valence-corrected chi connectivity index (χ1v) is 8.41. The van der Waals surface area contributed by atoms with Crippen LogP contribution < -0.4 is 10.5 Å². The molecule has 2 N–H and O–H groups in total. The molecule has 1 amide bonds. The average molecular weight is 407 g/mol. The van der Waals surface area contributed by atoms with E-state index >= 15 is 0 Å². The topological polar surface area (TPSA) is 100 Å². The van der Waals surface area contributed by atoms with Crippen LogP contribution in [-0.4, -0.2) is 22.7 Å². The van der Waals surface area contributed by atoms with E-state index in [9.17, 15) is 18.0 Å². The van der Waals surface area contributed by atoms with E-state index in [4.69, 9.17) is 14.9 Å². The zero-order valence-electron chi connectivity index (χ0n) is 15.1. The van der Waals surface area contributed by atoms with Crippen LogP contribution in [-0.2, 0) is 11.2 Å². The molecule has 0 saturated heterocycles. The number of benzene rings is 2. The number of carbonyl (C=O) groups excluding carboxylic acids is 1. The number of ether oxygens (including phenoxy) is 2. The van der Waals surface area contributed by atoms with Gasteiger partial charge in [0.15, 0.2) is 0 Å². The molecule has 3 rings (SSSR count). The van der Waals surface area contributed by atoms with Crippen molar-refractivity contribution >= 4 is 6.09 Å². The summed E-state index contributed by atoms with van der Waals surface area (Å²) in [5, 5.41) is 7.61. The van der Waals surface area contributed by atoms with Gasteiger partial charge in [0.05, 0.1) is 6.42 Å². The van der Waals surface area contributed by atoms with Crippen molar-refractivity contribution in [2.75, 3.05) is 0 Å². The molecule has 0 bridgehead atoms. The second-order valence-corrected chi connectivity index (χ2v) is 6.04. The number of aromatic nitrogens is 2. The van der Waals surface area contributed by atoms with Crippen molar-refractivity contribution in [1.82, 2.24) is 10.2 Å². The minimum atomic E-state index is -4.76. The van der Waals surface area contributed by atoms with Crippen molar-refractivity contribution in [3.05, 3.63) is 65.9 Å². The Balaban J connectivity index is 1.84. The summed E-state index contributed by atoms with van der Waals surface area (Å²) in [4.78, 5) is 11.3. The van der Waals surface area contributed by atoms with Crippen molar-refractivity contribution in [2.45, 2.75) is 25.8 Å². The molecule has 3 aromatic rings. The fraction of sp³-hybridized carbons (Fsp3) is 0.211. The normalized spacial score (nSPS) is 12.4. The second-order valence-electron chi connectivity index (χ2n) is 6.04. The predicted octanol–water partition coefficient (Wildman–Crippen LogP) is 4.32. The maximum absolute atomic E-state index is 12.3. The molecule has 0 saturated carbocycles. The zero-order valence-corrected chi connectivity index (χ0v) is 15.1. The van der Waals surface area contributed by atoms with Crippen LogP contribution in [0.15, 0.2) is 52.9 Å². The summed E-state index contributed by atoms with van der Waals surface area (Å²) in [5.41, 5.74) is 7.12. The van der Waals surface area contributed by atoms with Crippen LogP contribution in [0.25, 0.3) is 11.1 Å². The molecule has 0 aliphatic carbocycles. The van der Waals surface area contributed by atoms with Gasteiger partial charge in [-0.2, -0.15) is 0 Å². The lowest BCUT2D eigenvalue weighted by molar-refractivity contribution is -0.274. The average Bonchev–Trinajstić information content (AvgIpc) is 3.05. The number of amides is 1. The van der Waals surface area contributed by atoms with E-state index < -0.39 is 18.6 Å². The largest absolute Gasteiger partial charge is 0.573 e. The third-order valence-electron chi connectivity index (χ3n) is 3.87. The van der Waals surface area contributed by atoms with Crippen LogP contribution in [0, 0.1) is 6.92 Å². The standard InChI is InChI=1S/C19H16F3N3O4/c1-11-24-25-17(27-11)10-16(28-18(23)26)14-4-2-3-13(9-14)12-5-7-15(8-6-12)29-19(20,21)22/h2-9,16H,10H2,1H3,(H2,23,26). The molecule has 152 valence electrons. The quantitative estimate of drug-likeness (QED) is 0.653. The maximum atomic E-state index is 12.3. The van der Waals surface area contributed by atoms with Crippen LogP contribution >= 0.6 is 0 Å². The number of carbonyl (C=O) groups is 1. The van der Waals surface area contributed by atoms with Crippen LogP contribution in [0.5, 0.6) is 5.75 Å². The molecule has 0 radical (unpaired) electrons. The molecule has 1 atom stereocenters. The molecular formula is C19H16F3N3O4. The molecule has 0 fully saturated rings.